The minimum absolute atomic E-state index is 0.819. The second kappa shape index (κ2) is 4.74. The van der Waals surface area contributed by atoms with Crippen LogP contribution in [0.15, 0.2) is 24.4 Å². The van der Waals surface area contributed by atoms with Crippen molar-refractivity contribution in [2.24, 2.45) is 0 Å². The van der Waals surface area contributed by atoms with Crippen molar-refractivity contribution in [3.8, 4) is 11.3 Å². The highest BCUT2D eigenvalue weighted by Gasteiger charge is 2.03. The van der Waals surface area contributed by atoms with Crippen molar-refractivity contribution < 1.29 is 0 Å². The number of aromatic nitrogens is 2. The number of nitrogens with one attached hydrogen (secondary N) is 1. The largest absolute Gasteiger partial charge is 0.342 e. The summed E-state index contributed by atoms with van der Waals surface area (Å²) in [4.78, 5) is 7.65. The molecule has 0 unspecified atom stereocenters. The van der Waals surface area contributed by atoms with Gasteiger partial charge in [-0.1, -0.05) is 12.1 Å². The topological polar surface area (TPSA) is 28.7 Å². The molecule has 0 radical (unpaired) electrons. The molecule has 1 N–H and O–H groups in total. The van der Waals surface area contributed by atoms with Gasteiger partial charge in [-0.2, -0.15) is 12.6 Å². The van der Waals surface area contributed by atoms with Crippen molar-refractivity contribution in [1.82, 2.24) is 9.97 Å². The molecular weight excluding hydrogens is 216 g/mol. The summed E-state index contributed by atoms with van der Waals surface area (Å²) in [5.74, 6) is 1.82. The molecule has 0 fully saturated rings. The van der Waals surface area contributed by atoms with Crippen molar-refractivity contribution in [3.63, 3.8) is 0 Å². The maximum atomic E-state index is 4.33. The molecular formula is C13H16N2S. The predicted octanol–water partition coefficient (Wildman–Crippen LogP) is 3.17. The number of hydrogen-bond donors (Lipinski definition) is 2. The Bertz CT molecular complexity index is 488. The van der Waals surface area contributed by atoms with E-state index in [0.29, 0.717) is 0 Å². The summed E-state index contributed by atoms with van der Waals surface area (Å²) in [6, 6.07) is 6.46. The summed E-state index contributed by atoms with van der Waals surface area (Å²) in [6.45, 7) is 4.25. The third-order valence-corrected chi connectivity index (χ3v) is 3.02. The zero-order chi connectivity index (χ0) is 11.5. The van der Waals surface area contributed by atoms with Gasteiger partial charge >= 0.3 is 0 Å². The lowest BCUT2D eigenvalue weighted by Gasteiger charge is -2.02. The van der Waals surface area contributed by atoms with Crippen LogP contribution in [0.25, 0.3) is 11.3 Å². The number of hydrogen-bond acceptors (Lipinski definition) is 2. The van der Waals surface area contributed by atoms with Crippen molar-refractivity contribution in [1.29, 1.82) is 0 Å². The molecule has 0 aliphatic carbocycles. The lowest BCUT2D eigenvalue weighted by Crippen LogP contribution is -1.88. The molecule has 0 atom stereocenters. The van der Waals surface area contributed by atoms with E-state index in [2.05, 4.69) is 54.6 Å². The van der Waals surface area contributed by atoms with Crippen molar-refractivity contribution >= 4 is 12.6 Å². The molecule has 0 spiro atoms. The van der Waals surface area contributed by atoms with E-state index < -0.39 is 0 Å². The molecule has 0 aliphatic rings. The van der Waals surface area contributed by atoms with Crippen LogP contribution in [0.2, 0.25) is 0 Å². The Labute approximate surface area is 102 Å². The fourth-order valence-corrected chi connectivity index (χ4v) is 1.86. The molecule has 0 aliphatic heterocycles. The lowest BCUT2D eigenvalue weighted by atomic mass is 10.1. The summed E-state index contributed by atoms with van der Waals surface area (Å²) in [6.07, 6.45) is 2.77. The highest BCUT2D eigenvalue weighted by Crippen LogP contribution is 2.20. The van der Waals surface area contributed by atoms with Gasteiger partial charge in [-0.15, -0.1) is 0 Å². The number of aryl methyl sites for hydroxylation is 3. The minimum atomic E-state index is 0.819. The zero-order valence-corrected chi connectivity index (χ0v) is 10.5. The molecule has 1 aromatic carbocycles. The van der Waals surface area contributed by atoms with Crippen molar-refractivity contribution in [2.75, 3.05) is 5.75 Å². The van der Waals surface area contributed by atoms with Crippen molar-refractivity contribution in [2.45, 2.75) is 20.3 Å². The maximum Gasteiger partial charge on any atom is 0.107 e. The molecule has 0 bridgehead atoms. The zero-order valence-electron chi connectivity index (χ0n) is 9.62. The van der Waals surface area contributed by atoms with Crippen LogP contribution < -0.4 is 0 Å². The molecule has 3 heteroatoms. The first-order chi connectivity index (χ1) is 7.70. The van der Waals surface area contributed by atoms with E-state index in [0.717, 1.165) is 23.7 Å². The molecule has 2 nitrogen and oxygen atoms in total. The molecule has 84 valence electrons. The van der Waals surface area contributed by atoms with Gasteiger partial charge in [0.2, 0.25) is 0 Å². The number of nitrogens with zero attached hydrogens (tertiary/aromatic N) is 1. The average molecular weight is 232 g/mol. The summed E-state index contributed by atoms with van der Waals surface area (Å²) < 4.78 is 0. The molecule has 1 aromatic heterocycles. The van der Waals surface area contributed by atoms with Gasteiger partial charge in [-0.3, -0.25) is 0 Å². The fraction of sp³-hybridized carbons (Fsp3) is 0.308. The standard InChI is InChI=1S/C13H16N2S/c1-9-3-4-11(7-10(9)2)12-8-14-13(15-12)5-6-16/h3-4,7-8,16H,5-6H2,1-2H3,(H,14,15). The van der Waals surface area contributed by atoms with Gasteiger partial charge in [0.25, 0.3) is 0 Å². The van der Waals surface area contributed by atoms with Crippen LogP contribution in [0.3, 0.4) is 0 Å². The molecule has 0 saturated carbocycles. The van der Waals surface area contributed by atoms with Gasteiger partial charge in [0, 0.05) is 6.42 Å². The lowest BCUT2D eigenvalue weighted by molar-refractivity contribution is 1.00. The van der Waals surface area contributed by atoms with Crippen LogP contribution >= 0.6 is 12.6 Å². The number of imidazole rings is 1. The summed E-state index contributed by atoms with van der Waals surface area (Å²) in [7, 11) is 0. The summed E-state index contributed by atoms with van der Waals surface area (Å²) in [5.41, 5.74) is 4.91. The van der Waals surface area contributed by atoms with Crippen LogP contribution in [0.1, 0.15) is 17.0 Å². The van der Waals surface area contributed by atoms with Gasteiger partial charge in [0.1, 0.15) is 5.82 Å². The minimum Gasteiger partial charge on any atom is -0.342 e. The Hall–Kier alpha value is -1.22. The van der Waals surface area contributed by atoms with Gasteiger partial charge in [-0.05, 0) is 42.4 Å². The highest BCUT2D eigenvalue weighted by atomic mass is 32.1. The molecule has 0 amide bonds. The molecule has 16 heavy (non-hydrogen) atoms. The van der Waals surface area contributed by atoms with Crippen LogP contribution in [-0.4, -0.2) is 15.7 Å². The first kappa shape index (κ1) is 11.3. The number of benzene rings is 1. The van der Waals surface area contributed by atoms with E-state index in [4.69, 9.17) is 0 Å². The van der Waals surface area contributed by atoms with E-state index in [1.807, 2.05) is 6.20 Å². The number of aromatic amines is 1. The first-order valence-electron chi connectivity index (χ1n) is 5.43. The third-order valence-electron chi connectivity index (χ3n) is 2.79. The average Bonchev–Trinajstić information content (AvgIpc) is 2.71. The van der Waals surface area contributed by atoms with Gasteiger partial charge in [-0.25, -0.2) is 4.98 Å². The molecule has 0 saturated heterocycles. The van der Waals surface area contributed by atoms with E-state index in [9.17, 15) is 0 Å². The molecule has 1 heterocycles. The van der Waals surface area contributed by atoms with Gasteiger partial charge in [0.05, 0.1) is 11.9 Å². The Kier molecular flexibility index (Phi) is 3.34. The fourth-order valence-electron chi connectivity index (χ4n) is 1.65. The summed E-state index contributed by atoms with van der Waals surface area (Å²) >= 11 is 4.20. The monoisotopic (exact) mass is 232 g/mol. The van der Waals surface area contributed by atoms with Crippen molar-refractivity contribution in [3.05, 3.63) is 41.3 Å². The van der Waals surface area contributed by atoms with E-state index in [1.165, 1.54) is 16.7 Å². The smallest absolute Gasteiger partial charge is 0.107 e. The molecule has 2 aromatic rings. The Morgan fingerprint density at radius 3 is 2.75 bits per heavy atom. The van der Waals surface area contributed by atoms with Crippen LogP contribution in [-0.2, 0) is 6.42 Å². The van der Waals surface area contributed by atoms with E-state index >= 15 is 0 Å². The second-order valence-electron chi connectivity index (χ2n) is 4.02. The number of H-pyrrole nitrogens is 1. The van der Waals surface area contributed by atoms with Crippen LogP contribution in [0.5, 0.6) is 0 Å². The van der Waals surface area contributed by atoms with Crippen LogP contribution in [0, 0.1) is 13.8 Å². The van der Waals surface area contributed by atoms with Gasteiger partial charge in [0.15, 0.2) is 0 Å². The maximum absolute atomic E-state index is 4.33. The Balaban J connectivity index is 2.31. The first-order valence-corrected chi connectivity index (χ1v) is 6.06. The Morgan fingerprint density at radius 1 is 1.25 bits per heavy atom. The second-order valence-corrected chi connectivity index (χ2v) is 4.46. The SMILES string of the molecule is Cc1ccc(-c2cnc(CCS)[nH]2)cc1C. The quantitative estimate of drug-likeness (QED) is 0.782. The summed E-state index contributed by atoms with van der Waals surface area (Å²) in [5, 5.41) is 0. The number of thiol groups is 1. The third kappa shape index (κ3) is 2.30. The number of rotatable bonds is 3. The normalized spacial score (nSPS) is 10.7. The predicted molar refractivity (Wildman–Crippen MR) is 71.1 cm³/mol. The van der Waals surface area contributed by atoms with Crippen LogP contribution in [0.4, 0.5) is 0 Å². The van der Waals surface area contributed by atoms with E-state index in [-0.39, 0.29) is 0 Å². The Morgan fingerprint density at radius 2 is 2.06 bits per heavy atom. The highest BCUT2D eigenvalue weighted by molar-refractivity contribution is 7.80. The molecule has 2 rings (SSSR count). The van der Waals surface area contributed by atoms with Gasteiger partial charge < -0.3 is 4.98 Å². The van der Waals surface area contributed by atoms with E-state index in [1.54, 1.807) is 0 Å².